The fourth-order valence-electron chi connectivity index (χ4n) is 7.94. The Balaban J connectivity index is 4.38. The Labute approximate surface area is 434 Å². The Hall–Kier alpha value is -3.44. The highest BCUT2D eigenvalue weighted by molar-refractivity contribution is 5.71. The highest BCUT2D eigenvalue weighted by Crippen LogP contribution is 2.14. The zero-order valence-electron chi connectivity index (χ0n) is 46.0. The van der Waals surface area contributed by atoms with Gasteiger partial charge in [-0.05, 0) is 109 Å². The average molecular weight is 972 g/mol. The van der Waals surface area contributed by atoms with Gasteiger partial charge < -0.3 is 14.2 Å². The van der Waals surface area contributed by atoms with Crippen molar-refractivity contribution in [3.8, 4) is 0 Å². The van der Waals surface area contributed by atoms with E-state index in [9.17, 15) is 9.59 Å². The van der Waals surface area contributed by atoms with Crippen LogP contribution in [0.5, 0.6) is 0 Å². The van der Waals surface area contributed by atoms with Crippen LogP contribution < -0.4 is 0 Å². The molecule has 0 N–H and O–H groups in total. The topological polar surface area (TPSA) is 61.8 Å². The first-order valence-electron chi connectivity index (χ1n) is 29.4. The van der Waals surface area contributed by atoms with Crippen molar-refractivity contribution in [3.63, 3.8) is 0 Å². The molecule has 0 aromatic rings. The zero-order valence-corrected chi connectivity index (χ0v) is 46.0. The van der Waals surface area contributed by atoms with Crippen LogP contribution in [0.25, 0.3) is 0 Å². The number of hydrogen-bond donors (Lipinski definition) is 0. The van der Waals surface area contributed by atoms with Crippen molar-refractivity contribution in [1.29, 1.82) is 0 Å². The van der Waals surface area contributed by atoms with Gasteiger partial charge in [-0.2, -0.15) is 0 Å². The summed E-state index contributed by atoms with van der Waals surface area (Å²) in [6, 6.07) is 0. The van der Waals surface area contributed by atoms with Crippen molar-refractivity contribution in [2.24, 2.45) is 0 Å². The molecule has 0 saturated carbocycles. The van der Waals surface area contributed by atoms with Crippen LogP contribution in [0.3, 0.4) is 0 Å². The van der Waals surface area contributed by atoms with Gasteiger partial charge in [0.15, 0.2) is 6.10 Å². The molecule has 0 aliphatic heterocycles. The lowest BCUT2D eigenvalue weighted by atomic mass is 10.1. The Kier molecular flexibility index (Phi) is 56.9. The van der Waals surface area contributed by atoms with Gasteiger partial charge >= 0.3 is 11.9 Å². The molecule has 0 aromatic carbocycles. The molecule has 0 rings (SSSR count). The molecule has 0 aliphatic rings. The van der Waals surface area contributed by atoms with Gasteiger partial charge in [-0.1, -0.05) is 252 Å². The first-order valence-corrected chi connectivity index (χ1v) is 29.4. The summed E-state index contributed by atoms with van der Waals surface area (Å²) >= 11 is 0. The average Bonchev–Trinajstić information content (AvgIpc) is 3.36. The molecule has 70 heavy (non-hydrogen) atoms. The molecule has 0 amide bonds. The molecule has 1 unspecified atom stereocenters. The number of hydrogen-bond acceptors (Lipinski definition) is 5. The van der Waals surface area contributed by atoms with E-state index < -0.39 is 6.10 Å². The summed E-state index contributed by atoms with van der Waals surface area (Å²) in [7, 11) is 0. The van der Waals surface area contributed by atoms with Crippen molar-refractivity contribution >= 4 is 11.9 Å². The second-order valence-electron chi connectivity index (χ2n) is 19.2. The van der Waals surface area contributed by atoms with Crippen LogP contribution in [0.4, 0.5) is 0 Å². The predicted octanol–water partition coefficient (Wildman–Crippen LogP) is 20.3. The Morgan fingerprint density at radius 2 is 0.686 bits per heavy atom. The summed E-state index contributed by atoms with van der Waals surface area (Å²) in [5, 5.41) is 0. The number of carbonyl (C=O) groups is 2. The summed E-state index contributed by atoms with van der Waals surface area (Å²) in [4.78, 5) is 25.5. The van der Waals surface area contributed by atoms with Gasteiger partial charge in [0.2, 0.25) is 0 Å². The van der Waals surface area contributed by atoms with Crippen LogP contribution in [0.2, 0.25) is 0 Å². The molecule has 0 saturated heterocycles. The fourth-order valence-corrected chi connectivity index (χ4v) is 7.94. The van der Waals surface area contributed by atoms with Gasteiger partial charge in [0.25, 0.3) is 0 Å². The molecule has 0 radical (unpaired) electrons. The van der Waals surface area contributed by atoms with E-state index in [1.807, 2.05) is 12.2 Å². The molecule has 0 spiro atoms. The Bertz CT molecular complexity index is 1380. The molecule has 1 atom stereocenters. The third-order valence-corrected chi connectivity index (χ3v) is 12.3. The molecular formula is C65H110O5. The van der Waals surface area contributed by atoms with Crippen molar-refractivity contribution in [1.82, 2.24) is 0 Å². The molecule has 0 aliphatic carbocycles. The summed E-state index contributed by atoms with van der Waals surface area (Å²) in [6.45, 7) is 7.57. The molecular weight excluding hydrogens is 861 g/mol. The van der Waals surface area contributed by atoms with Gasteiger partial charge in [0.1, 0.15) is 6.61 Å². The van der Waals surface area contributed by atoms with Crippen LogP contribution in [-0.4, -0.2) is 37.9 Å². The Morgan fingerprint density at radius 1 is 0.343 bits per heavy atom. The van der Waals surface area contributed by atoms with Crippen LogP contribution in [-0.2, 0) is 23.8 Å². The number of allylic oxidation sites excluding steroid dienone is 17. The van der Waals surface area contributed by atoms with E-state index in [4.69, 9.17) is 14.2 Å². The number of ether oxygens (including phenoxy) is 3. The Morgan fingerprint density at radius 3 is 1.14 bits per heavy atom. The van der Waals surface area contributed by atoms with Crippen molar-refractivity contribution in [2.45, 2.75) is 271 Å². The maximum absolute atomic E-state index is 12.8. The summed E-state index contributed by atoms with van der Waals surface area (Å²) < 4.78 is 17.4. The van der Waals surface area contributed by atoms with Gasteiger partial charge in [0, 0.05) is 13.0 Å². The number of esters is 2. The maximum atomic E-state index is 12.8. The van der Waals surface area contributed by atoms with Crippen LogP contribution >= 0.6 is 0 Å². The zero-order chi connectivity index (χ0) is 50.6. The van der Waals surface area contributed by atoms with E-state index in [1.54, 1.807) is 0 Å². The number of carbonyl (C=O) groups excluding carboxylic acids is 2. The first-order chi connectivity index (χ1) is 34.6. The maximum Gasteiger partial charge on any atom is 0.310 e. The normalized spacial score (nSPS) is 13.0. The summed E-state index contributed by atoms with van der Waals surface area (Å²) in [6.07, 6.45) is 82.8. The SMILES string of the molecule is CC/C=C\C/C=C\C/C=C\C/C=C\C/C=C\CC(=O)OC(COCCCCCCCCCCCC/C=C\CCCCCCCC)COC(=O)CCCCCCCC/C=C\C/C=C\C/C=C\CCCCC. The van der Waals surface area contributed by atoms with Gasteiger partial charge in [-0.25, -0.2) is 0 Å². The van der Waals surface area contributed by atoms with Gasteiger partial charge in [-0.15, -0.1) is 0 Å². The third-order valence-electron chi connectivity index (χ3n) is 12.3. The minimum atomic E-state index is -0.604. The quantitative estimate of drug-likeness (QED) is 0.0345. The molecule has 5 nitrogen and oxygen atoms in total. The standard InChI is InChI=1S/C65H110O5/c1-4-7-10-13-16-19-22-25-28-30-32-34-36-39-42-45-48-51-54-57-60-68-61-63(70-65(67)59-56-53-50-47-44-41-37-27-24-21-18-15-12-9-6-3)62-69-64(66)58-55-52-49-46-43-40-38-35-33-31-29-26-23-20-17-14-11-8-5-2/h9,12,17-18,20-21,25-29,33,35,37,44,47,53,56,63H,4-8,10-11,13-16,19,22-24,30-32,34,36,38-43,45-46,48-52,54-55,57-62H2,1-3H3/b12-9-,20-17-,21-18-,28-25-,29-26-,35-33-,37-27-,47-44-,56-53-. The van der Waals surface area contributed by atoms with E-state index in [-0.39, 0.29) is 31.6 Å². The lowest BCUT2D eigenvalue weighted by molar-refractivity contribution is -0.162. The smallest absolute Gasteiger partial charge is 0.310 e. The molecule has 5 heteroatoms. The minimum Gasteiger partial charge on any atom is -0.462 e. The second kappa shape index (κ2) is 59.9. The van der Waals surface area contributed by atoms with Gasteiger partial charge in [-0.3, -0.25) is 9.59 Å². The third kappa shape index (κ3) is 57.1. The molecule has 0 aromatic heterocycles. The van der Waals surface area contributed by atoms with Crippen LogP contribution in [0.1, 0.15) is 265 Å². The molecule has 0 heterocycles. The number of unbranched alkanes of at least 4 members (excludes halogenated alkanes) is 25. The molecule has 0 bridgehead atoms. The van der Waals surface area contributed by atoms with E-state index in [1.165, 1.54) is 148 Å². The van der Waals surface area contributed by atoms with Crippen molar-refractivity contribution < 1.29 is 23.8 Å². The highest BCUT2D eigenvalue weighted by atomic mass is 16.6. The van der Waals surface area contributed by atoms with E-state index >= 15 is 0 Å². The molecule has 0 fully saturated rings. The van der Waals surface area contributed by atoms with E-state index in [2.05, 4.69) is 118 Å². The summed E-state index contributed by atoms with van der Waals surface area (Å²) in [5.41, 5.74) is 0. The summed E-state index contributed by atoms with van der Waals surface area (Å²) in [5.74, 6) is -0.558. The predicted molar refractivity (Wildman–Crippen MR) is 306 cm³/mol. The van der Waals surface area contributed by atoms with Crippen LogP contribution in [0.15, 0.2) is 109 Å². The van der Waals surface area contributed by atoms with E-state index in [0.717, 1.165) is 83.5 Å². The number of rotatable bonds is 53. The lowest BCUT2D eigenvalue weighted by Crippen LogP contribution is -2.29. The fraction of sp³-hybridized carbons (Fsp3) is 0.692. The van der Waals surface area contributed by atoms with E-state index in [0.29, 0.717) is 13.0 Å². The molecule has 400 valence electrons. The van der Waals surface area contributed by atoms with Crippen LogP contribution in [0, 0.1) is 0 Å². The highest BCUT2D eigenvalue weighted by Gasteiger charge is 2.17. The second-order valence-corrected chi connectivity index (χ2v) is 19.2. The largest absolute Gasteiger partial charge is 0.462 e. The minimum absolute atomic E-state index is 0.0334. The van der Waals surface area contributed by atoms with Crippen molar-refractivity contribution in [3.05, 3.63) is 109 Å². The van der Waals surface area contributed by atoms with Gasteiger partial charge in [0.05, 0.1) is 13.0 Å². The monoisotopic (exact) mass is 971 g/mol. The lowest BCUT2D eigenvalue weighted by Gasteiger charge is -2.18. The van der Waals surface area contributed by atoms with Crippen molar-refractivity contribution in [2.75, 3.05) is 19.8 Å². The first kappa shape index (κ1) is 66.6.